The van der Waals surface area contributed by atoms with Crippen molar-refractivity contribution in [1.29, 1.82) is 0 Å². The van der Waals surface area contributed by atoms with Crippen LogP contribution in [0.5, 0.6) is 11.5 Å². The Morgan fingerprint density at radius 3 is 2.35 bits per heavy atom. The van der Waals surface area contributed by atoms with Gasteiger partial charge in [-0.3, -0.25) is 9.35 Å². The first-order valence-electron chi connectivity index (χ1n) is 4.48. The summed E-state index contributed by atoms with van der Waals surface area (Å²) in [5, 5.41) is 21.2. The molecule has 1 aromatic rings. The molecule has 1 aromatic carbocycles. The summed E-state index contributed by atoms with van der Waals surface area (Å²) < 4.78 is 30.3. The van der Waals surface area contributed by atoms with Gasteiger partial charge in [-0.2, -0.15) is 8.42 Å². The van der Waals surface area contributed by atoms with Crippen molar-refractivity contribution in [3.05, 3.63) is 17.7 Å². The summed E-state index contributed by atoms with van der Waals surface area (Å²) in [6, 6.07) is 1.66. The van der Waals surface area contributed by atoms with Gasteiger partial charge in [0.15, 0.2) is 0 Å². The molecule has 0 bridgehead atoms. The summed E-state index contributed by atoms with van der Waals surface area (Å²) in [6.07, 6.45) is 0. The van der Waals surface area contributed by atoms with Crippen LogP contribution in [0, 0.1) is 0 Å². The van der Waals surface area contributed by atoms with Gasteiger partial charge >= 0.3 is 0 Å². The SMILES string of the molecule is CC(=O)NCc1cc(O)c(S(=O)(=O)O)cc1O. The molecule has 4 N–H and O–H groups in total. The quantitative estimate of drug-likeness (QED) is 0.448. The molecular formula is C9H11NO6S. The van der Waals surface area contributed by atoms with E-state index in [1.165, 1.54) is 6.92 Å². The highest BCUT2D eigenvalue weighted by molar-refractivity contribution is 7.86. The minimum absolute atomic E-state index is 0.0690. The standard InChI is InChI=1S/C9H11NO6S/c1-5(11)10-4-6-2-8(13)9(3-7(6)12)17(14,15)16/h2-3,12-13H,4H2,1H3,(H,10,11)(H,14,15,16). The van der Waals surface area contributed by atoms with Crippen LogP contribution in [0.1, 0.15) is 12.5 Å². The lowest BCUT2D eigenvalue weighted by Crippen LogP contribution is -2.19. The Kier molecular flexibility index (Phi) is 3.59. The van der Waals surface area contributed by atoms with Gasteiger partial charge in [0.1, 0.15) is 16.4 Å². The van der Waals surface area contributed by atoms with Gasteiger partial charge in [-0.15, -0.1) is 0 Å². The lowest BCUT2D eigenvalue weighted by molar-refractivity contribution is -0.119. The summed E-state index contributed by atoms with van der Waals surface area (Å²) in [4.78, 5) is 9.86. The Hall–Kier alpha value is -1.80. The van der Waals surface area contributed by atoms with Crippen molar-refractivity contribution in [3.8, 4) is 11.5 Å². The number of carbonyl (C=O) groups excluding carboxylic acids is 1. The van der Waals surface area contributed by atoms with E-state index in [2.05, 4.69) is 5.32 Å². The van der Waals surface area contributed by atoms with Crippen LogP contribution >= 0.6 is 0 Å². The van der Waals surface area contributed by atoms with Crippen molar-refractivity contribution >= 4 is 16.0 Å². The van der Waals surface area contributed by atoms with Crippen LogP contribution in [0.4, 0.5) is 0 Å². The topological polar surface area (TPSA) is 124 Å². The minimum atomic E-state index is -4.60. The predicted molar refractivity (Wildman–Crippen MR) is 57.1 cm³/mol. The molecule has 0 atom stereocenters. The molecule has 1 amide bonds. The molecule has 0 saturated heterocycles. The number of aromatic hydroxyl groups is 2. The average Bonchev–Trinajstić information content (AvgIpc) is 2.17. The van der Waals surface area contributed by atoms with Crippen LogP contribution < -0.4 is 5.32 Å². The normalized spacial score (nSPS) is 11.2. The molecule has 0 unspecified atom stereocenters. The Labute approximate surface area is 97.5 Å². The van der Waals surface area contributed by atoms with Crippen LogP contribution in [0.25, 0.3) is 0 Å². The molecule has 0 aliphatic heterocycles. The minimum Gasteiger partial charge on any atom is -0.508 e. The van der Waals surface area contributed by atoms with E-state index in [1.807, 2.05) is 0 Å². The Morgan fingerprint density at radius 1 is 1.29 bits per heavy atom. The van der Waals surface area contributed by atoms with Gasteiger partial charge in [0.05, 0.1) is 0 Å². The molecule has 0 spiro atoms. The third-order valence-corrected chi connectivity index (χ3v) is 2.85. The number of phenolic OH excluding ortho intramolecular Hbond substituents is 2. The summed E-state index contributed by atoms with van der Waals surface area (Å²) >= 11 is 0. The number of amides is 1. The van der Waals surface area contributed by atoms with Crippen LogP contribution in [0.15, 0.2) is 17.0 Å². The van der Waals surface area contributed by atoms with E-state index >= 15 is 0 Å². The molecule has 0 radical (unpaired) electrons. The number of benzene rings is 1. The number of nitrogens with one attached hydrogen (secondary N) is 1. The third kappa shape index (κ3) is 3.33. The monoisotopic (exact) mass is 261 g/mol. The van der Waals surface area contributed by atoms with E-state index in [4.69, 9.17) is 4.55 Å². The zero-order chi connectivity index (χ0) is 13.2. The van der Waals surface area contributed by atoms with Crippen LogP contribution in [-0.4, -0.2) is 29.1 Å². The summed E-state index contributed by atoms with van der Waals surface area (Å²) in [5.41, 5.74) is 0.130. The average molecular weight is 261 g/mol. The van der Waals surface area contributed by atoms with Crippen molar-refractivity contribution in [2.75, 3.05) is 0 Å². The van der Waals surface area contributed by atoms with E-state index in [9.17, 15) is 23.4 Å². The molecule has 0 aromatic heterocycles. The van der Waals surface area contributed by atoms with Crippen molar-refractivity contribution in [2.45, 2.75) is 18.4 Å². The fourth-order valence-electron chi connectivity index (χ4n) is 1.17. The maximum absolute atomic E-state index is 10.8. The first-order chi connectivity index (χ1) is 7.71. The van der Waals surface area contributed by atoms with Crippen LogP contribution in [0.3, 0.4) is 0 Å². The second-order valence-electron chi connectivity index (χ2n) is 3.33. The number of hydrogen-bond donors (Lipinski definition) is 4. The predicted octanol–water partition coefficient (Wildman–Crippen LogP) is -0.0194. The summed E-state index contributed by atoms with van der Waals surface area (Å²) in [6.45, 7) is 1.20. The second kappa shape index (κ2) is 4.60. The van der Waals surface area contributed by atoms with Gasteiger partial charge in [0, 0.05) is 25.1 Å². The van der Waals surface area contributed by atoms with E-state index in [0.29, 0.717) is 6.07 Å². The van der Waals surface area contributed by atoms with E-state index in [0.717, 1.165) is 6.07 Å². The fourth-order valence-corrected chi connectivity index (χ4v) is 1.75. The zero-order valence-corrected chi connectivity index (χ0v) is 9.65. The number of carbonyl (C=O) groups is 1. The Balaban J connectivity index is 3.14. The van der Waals surface area contributed by atoms with Crippen molar-refractivity contribution < 1.29 is 28.0 Å². The first-order valence-corrected chi connectivity index (χ1v) is 5.92. The molecule has 8 heteroatoms. The molecular weight excluding hydrogens is 250 g/mol. The van der Waals surface area contributed by atoms with E-state index in [1.54, 1.807) is 0 Å². The van der Waals surface area contributed by atoms with Gasteiger partial charge in [0.2, 0.25) is 5.91 Å². The molecule has 1 rings (SSSR count). The molecule has 0 saturated carbocycles. The lowest BCUT2D eigenvalue weighted by Gasteiger charge is -2.08. The van der Waals surface area contributed by atoms with E-state index < -0.39 is 26.5 Å². The number of rotatable bonds is 3. The van der Waals surface area contributed by atoms with Crippen molar-refractivity contribution in [1.82, 2.24) is 5.32 Å². The molecule has 0 aliphatic rings. The van der Waals surface area contributed by atoms with Crippen LogP contribution in [-0.2, 0) is 21.5 Å². The molecule has 17 heavy (non-hydrogen) atoms. The Bertz CT molecular complexity index is 551. The highest BCUT2D eigenvalue weighted by atomic mass is 32.2. The van der Waals surface area contributed by atoms with Crippen molar-refractivity contribution in [2.24, 2.45) is 0 Å². The van der Waals surface area contributed by atoms with Gasteiger partial charge in [-0.05, 0) is 6.07 Å². The first kappa shape index (κ1) is 13.3. The smallest absolute Gasteiger partial charge is 0.298 e. The highest BCUT2D eigenvalue weighted by Gasteiger charge is 2.18. The molecule has 0 fully saturated rings. The third-order valence-electron chi connectivity index (χ3n) is 1.97. The largest absolute Gasteiger partial charge is 0.508 e. The van der Waals surface area contributed by atoms with Gasteiger partial charge < -0.3 is 15.5 Å². The maximum atomic E-state index is 10.8. The Morgan fingerprint density at radius 2 is 1.88 bits per heavy atom. The summed E-state index contributed by atoms with van der Waals surface area (Å²) in [7, 11) is -4.60. The zero-order valence-electron chi connectivity index (χ0n) is 8.84. The number of phenols is 2. The molecule has 7 nitrogen and oxygen atoms in total. The fraction of sp³-hybridized carbons (Fsp3) is 0.222. The molecule has 0 aliphatic carbocycles. The molecule has 94 valence electrons. The van der Waals surface area contributed by atoms with E-state index in [-0.39, 0.29) is 18.0 Å². The van der Waals surface area contributed by atoms with Crippen LogP contribution in [0.2, 0.25) is 0 Å². The summed E-state index contributed by atoms with van der Waals surface area (Å²) in [5.74, 6) is -1.50. The van der Waals surface area contributed by atoms with Gasteiger partial charge in [0.25, 0.3) is 10.1 Å². The van der Waals surface area contributed by atoms with Crippen molar-refractivity contribution in [3.63, 3.8) is 0 Å². The number of hydrogen-bond acceptors (Lipinski definition) is 5. The van der Waals surface area contributed by atoms with Gasteiger partial charge in [-0.1, -0.05) is 0 Å². The lowest BCUT2D eigenvalue weighted by atomic mass is 10.2. The highest BCUT2D eigenvalue weighted by Crippen LogP contribution is 2.30. The second-order valence-corrected chi connectivity index (χ2v) is 4.72. The maximum Gasteiger partial charge on any atom is 0.298 e. The van der Waals surface area contributed by atoms with Gasteiger partial charge in [-0.25, -0.2) is 0 Å². The molecule has 0 heterocycles.